The Balaban J connectivity index is 1.26. The van der Waals surface area contributed by atoms with Crippen LogP contribution < -0.4 is 21.9 Å². The fourth-order valence-corrected chi connectivity index (χ4v) is 11.5. The van der Waals surface area contributed by atoms with Gasteiger partial charge in [0, 0.05) is 31.1 Å². The van der Waals surface area contributed by atoms with Crippen molar-refractivity contribution in [3.8, 4) is 44.5 Å². The lowest BCUT2D eigenvalue weighted by Crippen LogP contribution is -2.47. The van der Waals surface area contributed by atoms with Gasteiger partial charge in [-0.05, 0) is 101 Å². The SMILES string of the molecule is Bc1c(B)c(B)c2c(sc3cccc(-c4ccc5c(-c6cccc7ccccc67)c6ccccc6c(-c6ccc(-c7ccccc7)c7oc8ccccc8c67)c5c4)c32)c1B. The quantitative estimate of drug-likeness (QED) is 0.129. The molecule has 1 nitrogen and oxygen atoms in total. The van der Waals surface area contributed by atoms with E-state index in [1.54, 1.807) is 0 Å². The van der Waals surface area contributed by atoms with Crippen molar-refractivity contribution in [3.05, 3.63) is 170 Å². The average molecular weight is 776 g/mol. The highest BCUT2D eigenvalue weighted by Crippen LogP contribution is 2.50. The van der Waals surface area contributed by atoms with Gasteiger partial charge >= 0.3 is 0 Å². The van der Waals surface area contributed by atoms with E-state index < -0.39 is 0 Å². The summed E-state index contributed by atoms with van der Waals surface area (Å²) >= 11 is 1.93. The molecule has 0 atom stereocenters. The summed E-state index contributed by atoms with van der Waals surface area (Å²) in [5.74, 6) is 0. The molecule has 0 aliphatic rings. The maximum Gasteiger partial charge on any atom is 0.143 e. The van der Waals surface area contributed by atoms with Crippen LogP contribution in [0, 0.1) is 0 Å². The number of furan rings is 1. The summed E-state index contributed by atoms with van der Waals surface area (Å²) in [5, 5.41) is 12.4. The average Bonchev–Trinajstić information content (AvgIpc) is 3.89. The molecule has 0 fully saturated rings. The van der Waals surface area contributed by atoms with Crippen molar-refractivity contribution >= 4 is 139 Å². The third kappa shape index (κ3) is 5.04. The molecule has 0 amide bonds. The Labute approximate surface area is 355 Å². The molecule has 0 N–H and O–H groups in total. The number of benzene rings is 10. The molecular formula is C54H36B4OS. The highest BCUT2D eigenvalue weighted by atomic mass is 32.1. The fourth-order valence-electron chi connectivity index (χ4n) is 10.2. The molecule has 6 heteroatoms. The Morgan fingerprint density at radius 2 is 0.983 bits per heavy atom. The first-order valence-corrected chi connectivity index (χ1v) is 21.7. The smallest absolute Gasteiger partial charge is 0.143 e. The largest absolute Gasteiger partial charge is 0.455 e. The van der Waals surface area contributed by atoms with Gasteiger partial charge in [-0.25, -0.2) is 0 Å². The Morgan fingerprint density at radius 1 is 0.367 bits per heavy atom. The lowest BCUT2D eigenvalue weighted by atomic mass is 9.65. The van der Waals surface area contributed by atoms with Gasteiger partial charge in [-0.15, -0.1) is 22.3 Å². The summed E-state index contributed by atoms with van der Waals surface area (Å²) < 4.78 is 9.61. The van der Waals surface area contributed by atoms with Crippen LogP contribution in [0.2, 0.25) is 0 Å². The van der Waals surface area contributed by atoms with Crippen LogP contribution in [-0.2, 0) is 0 Å². The van der Waals surface area contributed by atoms with E-state index in [4.69, 9.17) is 4.42 Å². The van der Waals surface area contributed by atoms with E-state index in [9.17, 15) is 0 Å². The van der Waals surface area contributed by atoms with Crippen LogP contribution >= 0.6 is 11.3 Å². The molecular weight excluding hydrogens is 740 g/mol. The third-order valence-corrected chi connectivity index (χ3v) is 14.7. The molecule has 0 spiro atoms. The molecule has 2 heterocycles. The zero-order valence-corrected chi connectivity index (χ0v) is 34.8. The highest BCUT2D eigenvalue weighted by Gasteiger charge is 2.24. The zero-order chi connectivity index (χ0) is 40.2. The molecule has 276 valence electrons. The molecule has 2 aromatic heterocycles. The zero-order valence-electron chi connectivity index (χ0n) is 34.0. The van der Waals surface area contributed by atoms with Gasteiger partial charge in [0.1, 0.15) is 42.6 Å². The molecule has 60 heavy (non-hydrogen) atoms. The monoisotopic (exact) mass is 776 g/mol. The maximum atomic E-state index is 6.88. The van der Waals surface area contributed by atoms with Crippen molar-refractivity contribution < 1.29 is 4.42 Å². The van der Waals surface area contributed by atoms with Crippen molar-refractivity contribution in [2.75, 3.05) is 0 Å². The summed E-state index contributed by atoms with van der Waals surface area (Å²) in [5.41, 5.74) is 17.0. The van der Waals surface area contributed by atoms with E-state index in [2.05, 4.69) is 201 Å². The van der Waals surface area contributed by atoms with Crippen molar-refractivity contribution in [1.82, 2.24) is 0 Å². The molecule has 0 saturated carbocycles. The van der Waals surface area contributed by atoms with E-state index in [1.165, 1.54) is 108 Å². The second-order valence-corrected chi connectivity index (χ2v) is 17.4. The molecule has 0 unspecified atom stereocenters. The number of fused-ring (bicyclic) bond motifs is 9. The van der Waals surface area contributed by atoms with E-state index >= 15 is 0 Å². The normalized spacial score (nSPS) is 11.9. The fraction of sp³-hybridized carbons (Fsp3) is 0. The van der Waals surface area contributed by atoms with Crippen molar-refractivity contribution in [3.63, 3.8) is 0 Å². The second kappa shape index (κ2) is 13.4. The first-order valence-electron chi connectivity index (χ1n) is 20.8. The molecule has 0 radical (unpaired) electrons. The summed E-state index contributed by atoms with van der Waals surface area (Å²) in [6.07, 6.45) is 0. The molecule has 10 aromatic carbocycles. The van der Waals surface area contributed by atoms with Gasteiger partial charge in [-0.1, -0.05) is 157 Å². The van der Waals surface area contributed by atoms with Crippen LogP contribution in [-0.4, -0.2) is 31.4 Å². The van der Waals surface area contributed by atoms with Crippen LogP contribution in [0.15, 0.2) is 174 Å². The molecule has 0 aliphatic carbocycles. The van der Waals surface area contributed by atoms with Gasteiger partial charge in [-0.2, -0.15) is 0 Å². The molecule has 12 rings (SSSR count). The van der Waals surface area contributed by atoms with E-state index in [0.717, 1.165) is 33.1 Å². The molecule has 0 bridgehead atoms. The number of rotatable bonds is 4. The van der Waals surface area contributed by atoms with Crippen LogP contribution in [0.4, 0.5) is 0 Å². The first kappa shape index (κ1) is 35.2. The van der Waals surface area contributed by atoms with Crippen LogP contribution in [0.5, 0.6) is 0 Å². The predicted octanol–water partition coefficient (Wildman–Crippen LogP) is 9.12. The Morgan fingerprint density at radius 3 is 1.80 bits per heavy atom. The van der Waals surface area contributed by atoms with Crippen molar-refractivity contribution in [1.29, 1.82) is 0 Å². The lowest BCUT2D eigenvalue weighted by molar-refractivity contribution is 0.670. The van der Waals surface area contributed by atoms with Crippen LogP contribution in [0.25, 0.3) is 119 Å². The van der Waals surface area contributed by atoms with Gasteiger partial charge in [0.25, 0.3) is 0 Å². The highest BCUT2D eigenvalue weighted by molar-refractivity contribution is 7.27. The summed E-state index contributed by atoms with van der Waals surface area (Å²) in [7, 11) is 9.17. The predicted molar refractivity (Wildman–Crippen MR) is 274 cm³/mol. The maximum absolute atomic E-state index is 6.88. The standard InChI is InChI=1S/C54H36B4OS/c55-49-48-47-33(20-11-23-43(47)60-54(48)52(58)51(57)50(49)56)31-24-25-38-41(28-31)45(37-18-7-6-17-36(37)44(38)35-21-10-15-29-14-4-5-16-32(29)35)40-27-26-34(30-12-2-1-3-13-30)53-46(40)39-19-8-9-22-42(39)59-53/h1-28H,55-58H2. The Bertz CT molecular complexity index is 3760. The van der Waals surface area contributed by atoms with Gasteiger partial charge in [-0.3, -0.25) is 0 Å². The first-order chi connectivity index (χ1) is 29.5. The topological polar surface area (TPSA) is 13.1 Å². The Hall–Kier alpha value is -6.74. The molecule has 0 saturated heterocycles. The third-order valence-electron chi connectivity index (χ3n) is 13.4. The van der Waals surface area contributed by atoms with E-state index in [1.807, 2.05) is 11.3 Å². The summed E-state index contributed by atoms with van der Waals surface area (Å²) in [4.78, 5) is 0. The van der Waals surface area contributed by atoms with Crippen LogP contribution in [0.3, 0.4) is 0 Å². The van der Waals surface area contributed by atoms with Crippen LogP contribution in [0.1, 0.15) is 0 Å². The lowest BCUT2D eigenvalue weighted by Gasteiger charge is -2.20. The Kier molecular flexibility index (Phi) is 7.86. The number of thiophene rings is 1. The number of para-hydroxylation sites is 1. The summed E-state index contributed by atoms with van der Waals surface area (Å²) in [6.45, 7) is 0. The second-order valence-electron chi connectivity index (χ2n) is 16.4. The van der Waals surface area contributed by atoms with Gasteiger partial charge in [0.15, 0.2) is 0 Å². The minimum absolute atomic E-state index is 0.894. The van der Waals surface area contributed by atoms with Crippen molar-refractivity contribution in [2.45, 2.75) is 0 Å². The minimum Gasteiger partial charge on any atom is -0.455 e. The van der Waals surface area contributed by atoms with E-state index in [0.29, 0.717) is 0 Å². The van der Waals surface area contributed by atoms with Gasteiger partial charge < -0.3 is 4.42 Å². The van der Waals surface area contributed by atoms with Crippen molar-refractivity contribution in [2.24, 2.45) is 0 Å². The molecule has 12 aromatic rings. The minimum atomic E-state index is 0.894. The van der Waals surface area contributed by atoms with Gasteiger partial charge in [0.2, 0.25) is 0 Å². The summed E-state index contributed by atoms with van der Waals surface area (Å²) in [6, 6.07) is 62.5. The number of hydrogen-bond acceptors (Lipinski definition) is 2. The van der Waals surface area contributed by atoms with Gasteiger partial charge in [0.05, 0.1) is 0 Å². The molecule has 0 aliphatic heterocycles. The van der Waals surface area contributed by atoms with E-state index in [-0.39, 0.29) is 0 Å². The number of hydrogen-bond donors (Lipinski definition) is 0.